The van der Waals surface area contributed by atoms with E-state index in [2.05, 4.69) is 5.32 Å². The van der Waals surface area contributed by atoms with E-state index in [0.29, 0.717) is 22.6 Å². The van der Waals surface area contributed by atoms with Gasteiger partial charge < -0.3 is 9.73 Å². The summed E-state index contributed by atoms with van der Waals surface area (Å²) in [6.45, 7) is 0.204. The van der Waals surface area contributed by atoms with Crippen molar-refractivity contribution in [2.75, 3.05) is 4.90 Å². The average Bonchev–Trinajstić information content (AvgIpc) is 3.49. The highest BCUT2D eigenvalue weighted by Crippen LogP contribution is 2.29. The van der Waals surface area contributed by atoms with Gasteiger partial charge in [-0.3, -0.25) is 19.2 Å². The van der Waals surface area contributed by atoms with E-state index < -0.39 is 11.8 Å². The van der Waals surface area contributed by atoms with Crippen LogP contribution in [0.15, 0.2) is 95.6 Å². The molecule has 3 aromatic carbocycles. The highest BCUT2D eigenvalue weighted by molar-refractivity contribution is 6.34. The molecule has 0 atom stereocenters. The number of fused-ring (bicyclic) bond motifs is 1. The van der Waals surface area contributed by atoms with Crippen LogP contribution in [0.2, 0.25) is 0 Å². The second kappa shape index (κ2) is 8.63. The molecule has 0 bridgehead atoms. The van der Waals surface area contributed by atoms with Gasteiger partial charge in [0.25, 0.3) is 17.7 Å². The fraction of sp³-hybridized carbons (Fsp3) is 0.0370. The Kier molecular flexibility index (Phi) is 5.35. The van der Waals surface area contributed by atoms with Crippen molar-refractivity contribution in [3.05, 3.63) is 125 Å². The van der Waals surface area contributed by atoms with E-state index in [4.69, 9.17) is 4.42 Å². The Hall–Kier alpha value is -4.78. The van der Waals surface area contributed by atoms with Crippen molar-refractivity contribution in [2.45, 2.75) is 6.54 Å². The molecule has 0 spiro atoms. The number of hydrogen-bond donors (Lipinski definition) is 1. The van der Waals surface area contributed by atoms with E-state index in [1.165, 1.54) is 24.5 Å². The molecule has 0 saturated carbocycles. The second-order valence-electron chi connectivity index (χ2n) is 7.71. The van der Waals surface area contributed by atoms with Gasteiger partial charge in [-0.1, -0.05) is 30.3 Å². The first-order valence-corrected chi connectivity index (χ1v) is 10.6. The first-order chi connectivity index (χ1) is 16.5. The van der Waals surface area contributed by atoms with E-state index in [1.54, 1.807) is 60.7 Å². The predicted molar refractivity (Wildman–Crippen MR) is 124 cm³/mol. The summed E-state index contributed by atoms with van der Waals surface area (Å²) in [5.74, 6) is -0.949. The molecule has 7 nitrogen and oxygen atoms in total. The van der Waals surface area contributed by atoms with Gasteiger partial charge in [0.2, 0.25) is 0 Å². The second-order valence-corrected chi connectivity index (χ2v) is 7.71. The van der Waals surface area contributed by atoms with E-state index in [0.717, 1.165) is 4.90 Å². The maximum Gasteiger partial charge on any atom is 0.266 e. The molecule has 166 valence electrons. The number of ketones is 1. The van der Waals surface area contributed by atoms with Crippen LogP contribution in [0.5, 0.6) is 0 Å². The van der Waals surface area contributed by atoms with Gasteiger partial charge in [-0.25, -0.2) is 4.90 Å². The van der Waals surface area contributed by atoms with E-state index >= 15 is 0 Å². The van der Waals surface area contributed by atoms with Crippen molar-refractivity contribution >= 4 is 29.2 Å². The zero-order valence-corrected chi connectivity index (χ0v) is 17.9. The van der Waals surface area contributed by atoms with Gasteiger partial charge in [0.15, 0.2) is 5.78 Å². The molecule has 0 saturated heterocycles. The Bertz CT molecular complexity index is 1410. The number of carbonyl (C=O) groups is 4. The summed E-state index contributed by atoms with van der Waals surface area (Å²) in [5, 5.41) is 2.72. The number of nitrogens with zero attached hydrogens (tertiary/aromatic N) is 1. The zero-order chi connectivity index (χ0) is 23.7. The van der Waals surface area contributed by atoms with Crippen LogP contribution in [-0.2, 0) is 6.54 Å². The van der Waals surface area contributed by atoms with Crippen molar-refractivity contribution in [3.8, 4) is 0 Å². The maximum atomic E-state index is 13.1. The van der Waals surface area contributed by atoms with E-state index in [9.17, 15) is 19.2 Å². The lowest BCUT2D eigenvalue weighted by Crippen LogP contribution is -2.29. The molecular weight excluding hydrogens is 432 g/mol. The lowest BCUT2D eigenvalue weighted by molar-refractivity contribution is 0.0923. The minimum Gasteiger partial charge on any atom is -0.467 e. The van der Waals surface area contributed by atoms with Crippen molar-refractivity contribution < 1.29 is 23.6 Å². The lowest BCUT2D eigenvalue weighted by atomic mass is 10.0. The highest BCUT2D eigenvalue weighted by Gasteiger charge is 2.37. The molecule has 0 aliphatic carbocycles. The number of benzene rings is 3. The zero-order valence-electron chi connectivity index (χ0n) is 17.9. The van der Waals surface area contributed by atoms with Crippen LogP contribution in [0.3, 0.4) is 0 Å². The monoisotopic (exact) mass is 450 g/mol. The van der Waals surface area contributed by atoms with Crippen molar-refractivity contribution in [1.29, 1.82) is 0 Å². The summed E-state index contributed by atoms with van der Waals surface area (Å²) in [4.78, 5) is 52.2. The summed E-state index contributed by atoms with van der Waals surface area (Å²) in [7, 11) is 0. The number of rotatable bonds is 6. The molecule has 0 unspecified atom stereocenters. The van der Waals surface area contributed by atoms with Crippen LogP contribution in [0.1, 0.15) is 52.8 Å². The Morgan fingerprint density at radius 1 is 0.735 bits per heavy atom. The average molecular weight is 450 g/mol. The molecule has 0 radical (unpaired) electrons. The molecule has 2 heterocycles. The van der Waals surface area contributed by atoms with Crippen molar-refractivity contribution in [3.63, 3.8) is 0 Å². The van der Waals surface area contributed by atoms with E-state index in [1.807, 2.05) is 6.07 Å². The topological polar surface area (TPSA) is 96.7 Å². The third kappa shape index (κ3) is 3.80. The Morgan fingerprint density at radius 3 is 2.12 bits per heavy atom. The molecule has 7 heteroatoms. The van der Waals surface area contributed by atoms with Gasteiger partial charge in [-0.05, 0) is 54.6 Å². The first-order valence-electron chi connectivity index (χ1n) is 10.6. The van der Waals surface area contributed by atoms with Gasteiger partial charge in [-0.2, -0.15) is 0 Å². The van der Waals surface area contributed by atoms with Crippen LogP contribution in [-0.4, -0.2) is 23.5 Å². The van der Waals surface area contributed by atoms with Gasteiger partial charge >= 0.3 is 0 Å². The maximum absolute atomic E-state index is 13.1. The summed E-state index contributed by atoms with van der Waals surface area (Å²) in [6, 6.07) is 23.0. The molecule has 5 rings (SSSR count). The summed E-state index contributed by atoms with van der Waals surface area (Å²) in [6.07, 6.45) is 1.51. The number of nitrogens with one attached hydrogen (secondary N) is 1. The molecule has 1 N–H and O–H groups in total. The first kappa shape index (κ1) is 21.1. The van der Waals surface area contributed by atoms with Crippen molar-refractivity contribution in [2.24, 2.45) is 0 Å². The van der Waals surface area contributed by atoms with Gasteiger partial charge in [-0.15, -0.1) is 0 Å². The molecule has 1 aromatic heterocycles. The van der Waals surface area contributed by atoms with Gasteiger partial charge in [0, 0.05) is 16.7 Å². The minimum atomic E-state index is -0.525. The van der Waals surface area contributed by atoms with Gasteiger partial charge in [0.05, 0.1) is 29.6 Å². The Balaban J connectivity index is 1.35. The van der Waals surface area contributed by atoms with Crippen LogP contribution >= 0.6 is 0 Å². The molecule has 1 aliphatic heterocycles. The third-order valence-corrected chi connectivity index (χ3v) is 5.58. The Morgan fingerprint density at radius 2 is 1.41 bits per heavy atom. The van der Waals surface area contributed by atoms with Crippen molar-refractivity contribution in [1.82, 2.24) is 5.32 Å². The number of carbonyl (C=O) groups excluding carboxylic acids is 4. The molecule has 34 heavy (non-hydrogen) atoms. The number of furan rings is 1. The quantitative estimate of drug-likeness (QED) is 0.350. The van der Waals surface area contributed by atoms with Crippen LogP contribution in [0, 0.1) is 0 Å². The molecular formula is C27H18N2O5. The van der Waals surface area contributed by atoms with E-state index in [-0.39, 0.29) is 34.9 Å². The standard InChI is InChI=1S/C27H18N2O5/c30-24(17-5-2-1-3-6-17)18-8-11-20(12-9-18)29-26(32)22-13-10-19(15-23(22)27(29)33)25(31)28-16-21-7-4-14-34-21/h1-15H,16H2,(H,28,31). The van der Waals surface area contributed by atoms with Crippen LogP contribution in [0.25, 0.3) is 0 Å². The number of anilines is 1. The number of hydrogen-bond acceptors (Lipinski definition) is 5. The SMILES string of the molecule is O=C(NCc1ccco1)c1ccc2c(c1)C(=O)N(c1ccc(C(=O)c3ccccc3)cc1)C2=O. The fourth-order valence-corrected chi connectivity index (χ4v) is 3.82. The summed E-state index contributed by atoms with van der Waals surface area (Å²) < 4.78 is 5.19. The third-order valence-electron chi connectivity index (χ3n) is 5.58. The number of imide groups is 1. The largest absolute Gasteiger partial charge is 0.467 e. The molecule has 4 aromatic rings. The normalized spacial score (nSPS) is 12.5. The molecule has 1 aliphatic rings. The fourth-order valence-electron chi connectivity index (χ4n) is 3.82. The molecule has 0 fully saturated rings. The highest BCUT2D eigenvalue weighted by atomic mass is 16.3. The summed E-state index contributed by atoms with van der Waals surface area (Å²) >= 11 is 0. The summed E-state index contributed by atoms with van der Waals surface area (Å²) in [5.41, 5.74) is 1.98. The number of amides is 3. The lowest BCUT2D eigenvalue weighted by Gasteiger charge is -2.14. The smallest absolute Gasteiger partial charge is 0.266 e. The molecule has 3 amide bonds. The predicted octanol–water partition coefficient (Wildman–Crippen LogP) is 4.24. The van der Waals surface area contributed by atoms with Gasteiger partial charge in [0.1, 0.15) is 5.76 Å². The minimum absolute atomic E-state index is 0.153. The Labute approximate surface area is 194 Å². The van der Waals surface area contributed by atoms with Crippen LogP contribution in [0.4, 0.5) is 5.69 Å². The van der Waals surface area contributed by atoms with Crippen LogP contribution < -0.4 is 10.2 Å².